The lowest BCUT2D eigenvalue weighted by Gasteiger charge is -2.29. The highest BCUT2D eigenvalue weighted by Crippen LogP contribution is 2.19. The first-order valence-corrected chi connectivity index (χ1v) is 6.02. The van der Waals surface area contributed by atoms with Crippen LogP contribution in [0.3, 0.4) is 0 Å². The summed E-state index contributed by atoms with van der Waals surface area (Å²) in [4.78, 5) is 0. The van der Waals surface area contributed by atoms with Crippen LogP contribution in [0.2, 0.25) is 5.15 Å². The number of hydrogen-bond acceptors (Lipinski definition) is 4. The maximum atomic E-state index is 9.32. The standard InChI is InChI=1S/C11H20ClN3O2/c1-4-11(6-16,7-17)13-5-9-8(2)14-15(3)10(9)12/h13,16-17H,4-7H2,1-3H3. The van der Waals surface area contributed by atoms with Gasteiger partial charge in [0.25, 0.3) is 0 Å². The van der Waals surface area contributed by atoms with Gasteiger partial charge in [-0.1, -0.05) is 18.5 Å². The van der Waals surface area contributed by atoms with Gasteiger partial charge in [0, 0.05) is 19.2 Å². The van der Waals surface area contributed by atoms with Gasteiger partial charge >= 0.3 is 0 Å². The molecule has 98 valence electrons. The van der Waals surface area contributed by atoms with Gasteiger partial charge in [0.05, 0.1) is 24.4 Å². The highest BCUT2D eigenvalue weighted by Gasteiger charge is 2.26. The fourth-order valence-corrected chi connectivity index (χ4v) is 1.90. The van der Waals surface area contributed by atoms with E-state index in [2.05, 4.69) is 10.4 Å². The smallest absolute Gasteiger partial charge is 0.131 e. The number of aromatic nitrogens is 2. The Morgan fingerprint density at radius 1 is 1.41 bits per heavy atom. The topological polar surface area (TPSA) is 70.3 Å². The molecule has 5 nitrogen and oxygen atoms in total. The zero-order valence-electron chi connectivity index (χ0n) is 10.5. The van der Waals surface area contributed by atoms with Crippen molar-refractivity contribution in [3.63, 3.8) is 0 Å². The maximum Gasteiger partial charge on any atom is 0.131 e. The van der Waals surface area contributed by atoms with Gasteiger partial charge in [-0.3, -0.25) is 4.68 Å². The lowest BCUT2D eigenvalue weighted by Crippen LogP contribution is -2.50. The van der Waals surface area contributed by atoms with Crippen molar-refractivity contribution in [3.05, 3.63) is 16.4 Å². The van der Waals surface area contributed by atoms with E-state index in [4.69, 9.17) is 11.6 Å². The van der Waals surface area contributed by atoms with Gasteiger partial charge in [0.2, 0.25) is 0 Å². The molecule has 0 atom stereocenters. The molecule has 1 aromatic rings. The number of aliphatic hydroxyl groups is 2. The van der Waals surface area contributed by atoms with Crippen LogP contribution in [0.25, 0.3) is 0 Å². The summed E-state index contributed by atoms with van der Waals surface area (Å²) in [6, 6.07) is 0. The largest absolute Gasteiger partial charge is 0.394 e. The Balaban J connectivity index is 2.79. The summed E-state index contributed by atoms with van der Waals surface area (Å²) in [5, 5.41) is 26.6. The van der Waals surface area contributed by atoms with E-state index < -0.39 is 5.54 Å². The van der Waals surface area contributed by atoms with Crippen LogP contribution in [0.1, 0.15) is 24.6 Å². The van der Waals surface area contributed by atoms with E-state index in [-0.39, 0.29) is 13.2 Å². The number of halogens is 1. The van der Waals surface area contributed by atoms with Gasteiger partial charge < -0.3 is 15.5 Å². The molecule has 0 amide bonds. The molecule has 17 heavy (non-hydrogen) atoms. The third kappa shape index (κ3) is 2.98. The molecule has 0 saturated heterocycles. The van der Waals surface area contributed by atoms with E-state index in [0.717, 1.165) is 11.3 Å². The molecule has 1 rings (SSSR count). The molecule has 0 radical (unpaired) electrons. The Morgan fingerprint density at radius 2 is 2.00 bits per heavy atom. The Labute approximate surface area is 106 Å². The summed E-state index contributed by atoms with van der Waals surface area (Å²) in [5.74, 6) is 0. The highest BCUT2D eigenvalue weighted by atomic mass is 35.5. The van der Waals surface area contributed by atoms with Crippen molar-refractivity contribution >= 4 is 11.6 Å². The Hall–Kier alpha value is -0.620. The van der Waals surface area contributed by atoms with Gasteiger partial charge in [-0.05, 0) is 13.3 Å². The molecule has 0 aliphatic heterocycles. The Morgan fingerprint density at radius 3 is 2.35 bits per heavy atom. The minimum Gasteiger partial charge on any atom is -0.394 e. The van der Waals surface area contributed by atoms with Crippen LogP contribution >= 0.6 is 11.6 Å². The van der Waals surface area contributed by atoms with Crippen molar-refractivity contribution in [2.24, 2.45) is 7.05 Å². The second-order valence-electron chi connectivity index (χ2n) is 4.28. The molecule has 3 N–H and O–H groups in total. The summed E-state index contributed by atoms with van der Waals surface area (Å²) in [5.41, 5.74) is 1.09. The van der Waals surface area contributed by atoms with Crippen LogP contribution in [0, 0.1) is 6.92 Å². The lowest BCUT2D eigenvalue weighted by atomic mass is 9.98. The van der Waals surface area contributed by atoms with E-state index in [1.807, 2.05) is 13.8 Å². The molecule has 0 aromatic carbocycles. The molecule has 6 heteroatoms. The summed E-state index contributed by atoms with van der Waals surface area (Å²) in [6.45, 7) is 4.05. The van der Waals surface area contributed by atoms with Crippen molar-refractivity contribution in [2.45, 2.75) is 32.4 Å². The average Bonchev–Trinajstić information content (AvgIpc) is 2.57. The van der Waals surface area contributed by atoms with Gasteiger partial charge in [-0.15, -0.1) is 0 Å². The average molecular weight is 262 g/mol. The first-order chi connectivity index (χ1) is 7.99. The van der Waals surface area contributed by atoms with Crippen molar-refractivity contribution in [1.82, 2.24) is 15.1 Å². The summed E-state index contributed by atoms with van der Waals surface area (Å²) in [7, 11) is 1.78. The molecule has 1 heterocycles. The number of aryl methyl sites for hydroxylation is 2. The van der Waals surface area contributed by atoms with Crippen LogP contribution < -0.4 is 5.32 Å². The van der Waals surface area contributed by atoms with Gasteiger partial charge in [0.1, 0.15) is 5.15 Å². The lowest BCUT2D eigenvalue weighted by molar-refractivity contribution is 0.0863. The second-order valence-corrected chi connectivity index (χ2v) is 4.64. The minimum absolute atomic E-state index is 0.114. The number of rotatable bonds is 6. The predicted molar refractivity (Wildman–Crippen MR) is 67.0 cm³/mol. The van der Waals surface area contributed by atoms with Gasteiger partial charge in [-0.2, -0.15) is 5.10 Å². The fraction of sp³-hybridized carbons (Fsp3) is 0.727. The molecule has 0 saturated carbocycles. The van der Waals surface area contributed by atoms with E-state index in [9.17, 15) is 10.2 Å². The normalized spacial score (nSPS) is 12.1. The summed E-state index contributed by atoms with van der Waals surface area (Å²) < 4.78 is 1.61. The van der Waals surface area contributed by atoms with Crippen molar-refractivity contribution in [1.29, 1.82) is 0 Å². The molecule has 0 bridgehead atoms. The quantitative estimate of drug-likeness (QED) is 0.702. The summed E-state index contributed by atoms with van der Waals surface area (Å²) in [6.07, 6.45) is 0.636. The summed E-state index contributed by atoms with van der Waals surface area (Å²) >= 11 is 6.11. The van der Waals surface area contributed by atoms with Crippen molar-refractivity contribution in [3.8, 4) is 0 Å². The van der Waals surface area contributed by atoms with Crippen LogP contribution in [0.15, 0.2) is 0 Å². The molecule has 0 fully saturated rings. The van der Waals surface area contributed by atoms with E-state index >= 15 is 0 Å². The van der Waals surface area contributed by atoms with Gasteiger partial charge in [0.15, 0.2) is 0 Å². The number of nitrogens with zero attached hydrogens (tertiary/aromatic N) is 2. The number of aliphatic hydroxyl groups excluding tert-OH is 2. The highest BCUT2D eigenvalue weighted by molar-refractivity contribution is 6.30. The molecular weight excluding hydrogens is 242 g/mol. The van der Waals surface area contributed by atoms with E-state index in [1.165, 1.54) is 0 Å². The maximum absolute atomic E-state index is 9.32. The molecule has 0 aliphatic rings. The monoisotopic (exact) mass is 261 g/mol. The Kier molecular flexibility index (Phi) is 4.94. The zero-order chi connectivity index (χ0) is 13.1. The molecular formula is C11H20ClN3O2. The molecule has 0 spiro atoms. The van der Waals surface area contributed by atoms with Crippen molar-refractivity contribution < 1.29 is 10.2 Å². The second kappa shape index (κ2) is 5.82. The molecule has 0 aliphatic carbocycles. The predicted octanol–water partition coefficient (Wildman–Crippen LogP) is 0.605. The van der Waals surface area contributed by atoms with Gasteiger partial charge in [-0.25, -0.2) is 0 Å². The van der Waals surface area contributed by atoms with E-state index in [0.29, 0.717) is 18.1 Å². The number of hydrogen-bond donors (Lipinski definition) is 3. The van der Waals surface area contributed by atoms with Crippen LogP contribution in [-0.2, 0) is 13.6 Å². The zero-order valence-corrected chi connectivity index (χ0v) is 11.3. The minimum atomic E-state index is -0.661. The number of nitrogens with one attached hydrogen (secondary N) is 1. The van der Waals surface area contributed by atoms with Crippen LogP contribution in [0.4, 0.5) is 0 Å². The first-order valence-electron chi connectivity index (χ1n) is 5.64. The molecule has 1 aromatic heterocycles. The molecule has 0 unspecified atom stereocenters. The third-order valence-corrected chi connectivity index (χ3v) is 3.66. The van der Waals surface area contributed by atoms with Crippen LogP contribution in [-0.4, -0.2) is 38.7 Å². The van der Waals surface area contributed by atoms with E-state index in [1.54, 1.807) is 11.7 Å². The van der Waals surface area contributed by atoms with Crippen LogP contribution in [0.5, 0.6) is 0 Å². The Bertz CT molecular complexity index is 367. The third-order valence-electron chi connectivity index (χ3n) is 3.19. The fourth-order valence-electron chi connectivity index (χ4n) is 1.66. The first kappa shape index (κ1) is 14.4. The van der Waals surface area contributed by atoms with Crippen molar-refractivity contribution in [2.75, 3.05) is 13.2 Å². The SMILES string of the molecule is CCC(CO)(CO)NCc1c(C)nn(C)c1Cl.